The third-order valence-corrected chi connectivity index (χ3v) is 6.30. The summed E-state index contributed by atoms with van der Waals surface area (Å²) in [4.78, 5) is 28.2. The van der Waals surface area contributed by atoms with Crippen LogP contribution in [0.1, 0.15) is 34.1 Å². The second kappa shape index (κ2) is 7.20. The molecule has 1 N–H and O–H groups in total. The summed E-state index contributed by atoms with van der Waals surface area (Å²) in [6.45, 7) is 1.09. The molecule has 29 heavy (non-hydrogen) atoms. The molecule has 3 aliphatic rings. The molecule has 0 aliphatic carbocycles. The Morgan fingerprint density at radius 3 is 2.86 bits per heavy atom. The number of Topliss-reactive ketones (excluding diaryl/α,β-unsaturated/α-hetero) is 1. The minimum Gasteiger partial charge on any atom is -0.503 e. The van der Waals surface area contributed by atoms with E-state index in [0.29, 0.717) is 35.1 Å². The third-order valence-electron chi connectivity index (χ3n) is 5.43. The zero-order valence-electron chi connectivity index (χ0n) is 15.5. The van der Waals surface area contributed by atoms with Gasteiger partial charge in [-0.2, -0.15) is 0 Å². The number of fused-ring (bicyclic) bond motifs is 1. The van der Waals surface area contributed by atoms with Crippen LogP contribution in [0.3, 0.4) is 0 Å². The van der Waals surface area contributed by atoms with E-state index in [4.69, 9.17) is 14.2 Å². The van der Waals surface area contributed by atoms with Gasteiger partial charge >= 0.3 is 0 Å². The molecule has 0 spiro atoms. The van der Waals surface area contributed by atoms with Crippen molar-refractivity contribution in [3.63, 3.8) is 0 Å². The molecule has 0 saturated carbocycles. The lowest BCUT2D eigenvalue weighted by atomic mass is 9.95. The lowest BCUT2D eigenvalue weighted by Crippen LogP contribution is -2.37. The number of amides is 1. The van der Waals surface area contributed by atoms with Crippen molar-refractivity contribution in [1.29, 1.82) is 0 Å². The van der Waals surface area contributed by atoms with E-state index in [2.05, 4.69) is 0 Å². The number of hydrogen-bond acceptors (Lipinski definition) is 7. The second-order valence-electron chi connectivity index (χ2n) is 7.18. The average Bonchev–Trinajstić information content (AvgIpc) is 3.51. The van der Waals surface area contributed by atoms with Crippen LogP contribution in [0.5, 0.6) is 11.5 Å². The summed E-state index contributed by atoms with van der Waals surface area (Å²) < 4.78 is 16.6. The first-order valence-corrected chi connectivity index (χ1v) is 10.3. The van der Waals surface area contributed by atoms with Gasteiger partial charge in [0, 0.05) is 13.2 Å². The maximum absolute atomic E-state index is 13.2. The summed E-state index contributed by atoms with van der Waals surface area (Å²) in [6.07, 6.45) is 1.66. The van der Waals surface area contributed by atoms with Crippen LogP contribution in [-0.2, 0) is 9.53 Å². The van der Waals surface area contributed by atoms with E-state index in [0.717, 1.165) is 12.8 Å². The number of ketones is 1. The fourth-order valence-corrected chi connectivity index (χ4v) is 4.73. The molecule has 1 aromatic heterocycles. The molecule has 1 aromatic carbocycles. The highest BCUT2D eigenvalue weighted by Crippen LogP contribution is 2.43. The molecular weight excluding hydrogens is 394 g/mol. The number of aliphatic hydroxyl groups is 1. The number of aliphatic hydroxyl groups excluding tert-OH is 1. The lowest BCUT2D eigenvalue weighted by Gasteiger charge is -2.29. The highest BCUT2D eigenvalue weighted by Gasteiger charge is 2.45. The zero-order chi connectivity index (χ0) is 20.0. The van der Waals surface area contributed by atoms with Gasteiger partial charge in [0.1, 0.15) is 0 Å². The predicted octanol–water partition coefficient (Wildman–Crippen LogP) is 3.23. The Labute approximate surface area is 171 Å². The van der Waals surface area contributed by atoms with Crippen molar-refractivity contribution in [3.8, 4) is 11.5 Å². The van der Waals surface area contributed by atoms with Gasteiger partial charge in [-0.25, -0.2) is 0 Å². The summed E-state index contributed by atoms with van der Waals surface area (Å²) in [7, 11) is 0. The van der Waals surface area contributed by atoms with Crippen LogP contribution in [0.4, 0.5) is 0 Å². The van der Waals surface area contributed by atoms with E-state index in [-0.39, 0.29) is 24.3 Å². The molecule has 2 atom stereocenters. The zero-order valence-corrected chi connectivity index (χ0v) is 16.3. The molecule has 0 radical (unpaired) electrons. The molecule has 0 unspecified atom stereocenters. The van der Waals surface area contributed by atoms with Crippen molar-refractivity contribution in [2.75, 3.05) is 19.9 Å². The van der Waals surface area contributed by atoms with Crippen LogP contribution in [0.25, 0.3) is 0 Å². The molecule has 1 amide bonds. The molecule has 8 heteroatoms. The largest absolute Gasteiger partial charge is 0.503 e. The summed E-state index contributed by atoms with van der Waals surface area (Å²) in [5, 5.41) is 12.5. The highest BCUT2D eigenvalue weighted by molar-refractivity contribution is 7.12. The van der Waals surface area contributed by atoms with Crippen molar-refractivity contribution in [1.82, 2.24) is 4.90 Å². The highest BCUT2D eigenvalue weighted by atomic mass is 32.1. The number of rotatable bonds is 5. The van der Waals surface area contributed by atoms with Gasteiger partial charge in [0.15, 0.2) is 17.3 Å². The summed E-state index contributed by atoms with van der Waals surface area (Å²) in [5.74, 6) is -0.222. The molecule has 3 aliphatic heterocycles. The molecular formula is C21H19NO6S. The van der Waals surface area contributed by atoms with Gasteiger partial charge in [-0.05, 0) is 42.0 Å². The quantitative estimate of drug-likeness (QED) is 0.758. The number of carbonyl (C=O) groups excluding carboxylic acids is 2. The molecule has 1 fully saturated rings. The van der Waals surface area contributed by atoms with E-state index >= 15 is 0 Å². The van der Waals surface area contributed by atoms with Gasteiger partial charge in [-0.1, -0.05) is 12.1 Å². The van der Waals surface area contributed by atoms with Crippen LogP contribution < -0.4 is 9.47 Å². The Kier molecular flexibility index (Phi) is 4.52. The fraction of sp³-hybridized carbons (Fsp3) is 0.333. The average molecular weight is 413 g/mol. The van der Waals surface area contributed by atoms with Crippen LogP contribution in [0, 0.1) is 0 Å². The first-order valence-electron chi connectivity index (χ1n) is 9.47. The Hall–Kier alpha value is -2.84. The van der Waals surface area contributed by atoms with E-state index in [1.807, 2.05) is 0 Å². The van der Waals surface area contributed by atoms with Crippen molar-refractivity contribution >= 4 is 23.0 Å². The van der Waals surface area contributed by atoms with Crippen LogP contribution in [-0.4, -0.2) is 47.7 Å². The Morgan fingerprint density at radius 2 is 2.10 bits per heavy atom. The molecule has 7 nitrogen and oxygen atoms in total. The SMILES string of the molecule is O=C(C1=C(O)C(=O)N(C[C@H]2CCCO2)[C@@H]1c1ccc2c(c1)OCO2)c1cccs1. The Bertz CT molecular complexity index is 993. The maximum atomic E-state index is 13.2. The summed E-state index contributed by atoms with van der Waals surface area (Å²) in [6, 6.07) is 8.08. The van der Waals surface area contributed by atoms with Crippen LogP contribution in [0.2, 0.25) is 0 Å². The van der Waals surface area contributed by atoms with Gasteiger partial charge in [-0.3, -0.25) is 9.59 Å². The minimum absolute atomic E-state index is 0.0920. The molecule has 2 aromatic rings. The van der Waals surface area contributed by atoms with Crippen LogP contribution in [0.15, 0.2) is 47.0 Å². The molecule has 150 valence electrons. The minimum atomic E-state index is -0.712. The third kappa shape index (κ3) is 3.08. The predicted molar refractivity (Wildman–Crippen MR) is 104 cm³/mol. The number of thiophene rings is 1. The van der Waals surface area contributed by atoms with Crippen molar-refractivity contribution in [2.24, 2.45) is 0 Å². The first kappa shape index (κ1) is 18.2. The number of ether oxygens (including phenoxy) is 3. The monoisotopic (exact) mass is 413 g/mol. The van der Waals surface area contributed by atoms with Crippen LogP contribution >= 0.6 is 11.3 Å². The summed E-state index contributed by atoms with van der Waals surface area (Å²) in [5.41, 5.74) is 0.777. The molecule has 4 heterocycles. The van der Waals surface area contributed by atoms with Gasteiger partial charge in [0.25, 0.3) is 5.91 Å². The van der Waals surface area contributed by atoms with Gasteiger partial charge in [-0.15, -0.1) is 11.3 Å². The first-order chi connectivity index (χ1) is 14.1. The second-order valence-corrected chi connectivity index (χ2v) is 8.12. The molecule has 0 bridgehead atoms. The number of benzene rings is 1. The number of nitrogens with zero attached hydrogens (tertiary/aromatic N) is 1. The van der Waals surface area contributed by atoms with E-state index in [9.17, 15) is 14.7 Å². The normalized spacial score (nSPS) is 23.3. The van der Waals surface area contributed by atoms with Gasteiger partial charge in [0.2, 0.25) is 12.6 Å². The maximum Gasteiger partial charge on any atom is 0.290 e. The van der Waals surface area contributed by atoms with Crippen molar-refractivity contribution in [2.45, 2.75) is 25.0 Å². The fourth-order valence-electron chi connectivity index (χ4n) is 4.05. The summed E-state index contributed by atoms with van der Waals surface area (Å²) >= 11 is 1.28. The lowest BCUT2D eigenvalue weighted by molar-refractivity contribution is -0.131. The number of hydrogen-bond donors (Lipinski definition) is 1. The van der Waals surface area contributed by atoms with Crippen molar-refractivity contribution in [3.05, 3.63) is 57.5 Å². The van der Waals surface area contributed by atoms with Crippen molar-refractivity contribution < 1.29 is 28.9 Å². The smallest absolute Gasteiger partial charge is 0.290 e. The Morgan fingerprint density at radius 1 is 1.24 bits per heavy atom. The van der Waals surface area contributed by atoms with E-state index in [1.165, 1.54) is 16.2 Å². The number of carbonyl (C=O) groups is 2. The molecule has 1 saturated heterocycles. The van der Waals surface area contributed by atoms with Gasteiger partial charge < -0.3 is 24.2 Å². The van der Waals surface area contributed by atoms with E-state index in [1.54, 1.807) is 35.7 Å². The molecule has 5 rings (SSSR count). The standard InChI is InChI=1S/C21H19NO6S/c23-19(16-4-2-8-29-16)17-18(12-5-6-14-15(9-12)28-11-27-14)22(21(25)20(17)24)10-13-3-1-7-26-13/h2,4-6,8-9,13,18,24H,1,3,7,10-11H2/t13-,18-/m1/s1. The van der Waals surface area contributed by atoms with E-state index < -0.39 is 17.7 Å². The topological polar surface area (TPSA) is 85.3 Å². The Balaban J connectivity index is 1.57. The van der Waals surface area contributed by atoms with Gasteiger partial charge in [0.05, 0.1) is 22.6 Å².